The molecule has 2 aliphatic rings. The SMILES string of the molecule is C[C@@H](NC(=O)OC(C)(C)C)C(=O)N1CCCC[C@@H]1COc1ncc(B2OC(C)(C)C(C)(C)O2)cn1. The molecular formula is C24H39BN4O6. The normalized spacial score (nSPS) is 22.5. The van der Waals surface area contributed by atoms with Crippen LogP contribution in [-0.4, -0.2) is 76.0 Å². The molecule has 2 amide bonds. The lowest BCUT2D eigenvalue weighted by Gasteiger charge is -2.37. The second kappa shape index (κ2) is 10.3. The van der Waals surface area contributed by atoms with Crippen LogP contribution in [0.1, 0.15) is 74.7 Å². The van der Waals surface area contributed by atoms with Crippen molar-refractivity contribution in [3.63, 3.8) is 0 Å². The molecular weight excluding hydrogens is 451 g/mol. The van der Waals surface area contributed by atoms with Crippen LogP contribution in [0.5, 0.6) is 6.01 Å². The van der Waals surface area contributed by atoms with Crippen LogP contribution in [0.4, 0.5) is 4.79 Å². The van der Waals surface area contributed by atoms with Crippen LogP contribution in [0.15, 0.2) is 12.4 Å². The zero-order chi connectivity index (χ0) is 26.0. The number of hydrogen-bond acceptors (Lipinski definition) is 8. The first-order valence-corrected chi connectivity index (χ1v) is 12.3. The van der Waals surface area contributed by atoms with Crippen molar-refractivity contribution in [2.24, 2.45) is 0 Å². The smallest absolute Gasteiger partial charge is 0.461 e. The third-order valence-electron chi connectivity index (χ3n) is 6.59. The molecule has 2 atom stereocenters. The molecule has 0 radical (unpaired) electrons. The first-order chi connectivity index (χ1) is 16.2. The number of carbonyl (C=O) groups is 2. The van der Waals surface area contributed by atoms with E-state index in [1.54, 1.807) is 45.0 Å². The Morgan fingerprint density at radius 1 is 1.17 bits per heavy atom. The van der Waals surface area contributed by atoms with Crippen molar-refractivity contribution >= 4 is 24.6 Å². The molecule has 11 heteroatoms. The van der Waals surface area contributed by atoms with Gasteiger partial charge >= 0.3 is 19.2 Å². The quantitative estimate of drug-likeness (QED) is 0.606. The van der Waals surface area contributed by atoms with Gasteiger partial charge < -0.3 is 29.0 Å². The van der Waals surface area contributed by atoms with Gasteiger partial charge in [0.05, 0.1) is 17.2 Å². The minimum absolute atomic E-state index is 0.134. The van der Waals surface area contributed by atoms with Crippen molar-refractivity contribution in [1.82, 2.24) is 20.2 Å². The topological polar surface area (TPSA) is 112 Å². The van der Waals surface area contributed by atoms with E-state index in [0.717, 1.165) is 19.3 Å². The number of hydrogen-bond donors (Lipinski definition) is 1. The van der Waals surface area contributed by atoms with E-state index < -0.39 is 36.1 Å². The van der Waals surface area contributed by atoms with Crippen molar-refractivity contribution < 1.29 is 28.4 Å². The molecule has 2 saturated heterocycles. The summed E-state index contributed by atoms with van der Waals surface area (Å²) < 4.78 is 23.2. The second-order valence-electron chi connectivity index (χ2n) is 11.2. The highest BCUT2D eigenvalue weighted by Gasteiger charge is 2.52. The number of amides is 2. The Bertz CT molecular complexity index is 886. The molecule has 3 rings (SSSR count). The van der Waals surface area contributed by atoms with Gasteiger partial charge in [-0.3, -0.25) is 4.79 Å². The highest BCUT2D eigenvalue weighted by molar-refractivity contribution is 6.61. The first-order valence-electron chi connectivity index (χ1n) is 12.3. The molecule has 1 aromatic rings. The largest absolute Gasteiger partial charge is 0.498 e. The third kappa shape index (κ3) is 6.85. The second-order valence-corrected chi connectivity index (χ2v) is 11.2. The van der Waals surface area contributed by atoms with E-state index in [1.807, 2.05) is 27.7 Å². The molecule has 0 aromatic carbocycles. The summed E-state index contributed by atoms with van der Waals surface area (Å²) in [5, 5.41) is 2.63. The molecule has 0 saturated carbocycles. The molecule has 0 unspecified atom stereocenters. The summed E-state index contributed by atoms with van der Waals surface area (Å²) in [5.74, 6) is -0.166. The summed E-state index contributed by atoms with van der Waals surface area (Å²) in [6, 6.07) is -0.616. The van der Waals surface area contributed by atoms with Gasteiger partial charge in [0, 0.05) is 24.4 Å². The van der Waals surface area contributed by atoms with Crippen molar-refractivity contribution in [1.29, 1.82) is 0 Å². The fourth-order valence-electron chi connectivity index (χ4n) is 3.93. The minimum atomic E-state index is -0.708. The summed E-state index contributed by atoms with van der Waals surface area (Å²) >= 11 is 0. The molecule has 0 spiro atoms. The predicted octanol–water partition coefficient (Wildman–Crippen LogP) is 2.45. The Morgan fingerprint density at radius 2 is 1.77 bits per heavy atom. The molecule has 1 aromatic heterocycles. The van der Waals surface area contributed by atoms with Gasteiger partial charge in [0.2, 0.25) is 5.91 Å². The Hall–Kier alpha value is -2.40. The molecule has 3 heterocycles. The zero-order valence-corrected chi connectivity index (χ0v) is 22.2. The predicted molar refractivity (Wildman–Crippen MR) is 131 cm³/mol. The lowest BCUT2D eigenvalue weighted by Crippen LogP contribution is -2.54. The molecule has 1 N–H and O–H groups in total. The summed E-state index contributed by atoms with van der Waals surface area (Å²) in [5.41, 5.74) is -0.808. The molecule has 0 bridgehead atoms. The van der Waals surface area contributed by atoms with Crippen LogP contribution in [0, 0.1) is 0 Å². The average Bonchev–Trinajstić information content (AvgIpc) is 2.97. The van der Waals surface area contributed by atoms with E-state index in [1.165, 1.54) is 0 Å². The highest BCUT2D eigenvalue weighted by Crippen LogP contribution is 2.36. The van der Waals surface area contributed by atoms with Crippen LogP contribution in [0.3, 0.4) is 0 Å². The molecule has 10 nitrogen and oxygen atoms in total. The number of likely N-dealkylation sites (tertiary alicyclic amines) is 1. The van der Waals surface area contributed by atoms with Gasteiger partial charge in [-0.1, -0.05) is 0 Å². The molecule has 194 valence electrons. The Balaban J connectivity index is 1.56. The number of carbonyl (C=O) groups excluding carboxylic acids is 2. The molecule has 35 heavy (non-hydrogen) atoms. The minimum Gasteiger partial charge on any atom is -0.461 e. The standard InChI is InChI=1S/C24H39BN4O6/c1-16(28-21(31)33-22(2,3)4)19(30)29-12-10-9-11-18(29)15-32-20-26-13-17(14-27-20)25-34-23(5,6)24(7,8)35-25/h13-14,16,18H,9-12,15H2,1-8H3,(H,28,31)/t16-,18-/m1/s1. The number of piperidine rings is 1. The van der Waals surface area contributed by atoms with E-state index in [-0.39, 0.29) is 24.6 Å². The van der Waals surface area contributed by atoms with Crippen molar-refractivity contribution in [3.8, 4) is 6.01 Å². The lowest BCUT2D eigenvalue weighted by molar-refractivity contribution is -0.137. The van der Waals surface area contributed by atoms with E-state index in [2.05, 4.69) is 15.3 Å². The fourth-order valence-corrected chi connectivity index (χ4v) is 3.93. The maximum absolute atomic E-state index is 13.1. The zero-order valence-electron chi connectivity index (χ0n) is 22.2. The monoisotopic (exact) mass is 490 g/mol. The third-order valence-corrected chi connectivity index (χ3v) is 6.59. The van der Waals surface area contributed by atoms with E-state index in [4.69, 9.17) is 18.8 Å². The van der Waals surface area contributed by atoms with Gasteiger partial charge in [-0.25, -0.2) is 14.8 Å². The van der Waals surface area contributed by atoms with Crippen molar-refractivity contribution in [2.45, 2.75) is 104 Å². The van der Waals surface area contributed by atoms with E-state index >= 15 is 0 Å². The summed E-state index contributed by atoms with van der Waals surface area (Å²) in [6.45, 7) is 15.8. The maximum atomic E-state index is 13.1. The van der Waals surface area contributed by atoms with Gasteiger partial charge in [-0.05, 0) is 74.7 Å². The Kier molecular flexibility index (Phi) is 8.01. The Labute approximate surface area is 208 Å². The van der Waals surface area contributed by atoms with E-state index in [0.29, 0.717) is 12.0 Å². The van der Waals surface area contributed by atoms with Crippen LogP contribution in [0.2, 0.25) is 0 Å². The van der Waals surface area contributed by atoms with Gasteiger partial charge in [-0.15, -0.1) is 0 Å². The van der Waals surface area contributed by atoms with Gasteiger partial charge in [-0.2, -0.15) is 0 Å². The fraction of sp³-hybridized carbons (Fsp3) is 0.750. The van der Waals surface area contributed by atoms with Crippen LogP contribution in [-0.2, 0) is 18.8 Å². The van der Waals surface area contributed by atoms with Gasteiger partial charge in [0.1, 0.15) is 18.2 Å². The number of aromatic nitrogens is 2. The van der Waals surface area contributed by atoms with Crippen LogP contribution < -0.4 is 15.5 Å². The average molecular weight is 490 g/mol. The van der Waals surface area contributed by atoms with Crippen LogP contribution in [0.25, 0.3) is 0 Å². The van der Waals surface area contributed by atoms with Gasteiger partial charge in [0.15, 0.2) is 0 Å². The highest BCUT2D eigenvalue weighted by atomic mass is 16.7. The Morgan fingerprint density at radius 3 is 2.34 bits per heavy atom. The maximum Gasteiger partial charge on any atom is 0.498 e. The summed E-state index contributed by atoms with van der Waals surface area (Å²) in [6.07, 6.45) is 5.37. The first kappa shape index (κ1) is 27.2. The summed E-state index contributed by atoms with van der Waals surface area (Å²) in [7, 11) is -0.542. The molecule has 2 fully saturated rings. The number of alkyl carbamates (subject to hydrolysis) is 1. The van der Waals surface area contributed by atoms with Crippen LogP contribution >= 0.6 is 0 Å². The molecule has 0 aliphatic carbocycles. The van der Waals surface area contributed by atoms with Gasteiger partial charge in [0.25, 0.3) is 0 Å². The van der Waals surface area contributed by atoms with Crippen molar-refractivity contribution in [2.75, 3.05) is 13.2 Å². The number of nitrogens with zero attached hydrogens (tertiary/aromatic N) is 3. The lowest BCUT2D eigenvalue weighted by atomic mass is 9.81. The van der Waals surface area contributed by atoms with E-state index in [9.17, 15) is 9.59 Å². The summed E-state index contributed by atoms with van der Waals surface area (Å²) in [4.78, 5) is 35.5. The number of rotatable bonds is 6. The molecule has 2 aliphatic heterocycles. The number of nitrogens with one attached hydrogen (secondary N) is 1. The van der Waals surface area contributed by atoms with Crippen molar-refractivity contribution in [3.05, 3.63) is 12.4 Å². The number of ether oxygens (including phenoxy) is 2.